The van der Waals surface area contributed by atoms with Crippen LogP contribution < -0.4 is 10.6 Å². The van der Waals surface area contributed by atoms with E-state index in [0.717, 1.165) is 12.8 Å². The molecule has 1 atom stereocenters. The molecule has 1 aromatic heterocycles. The Morgan fingerprint density at radius 1 is 1.12 bits per heavy atom. The first-order valence-corrected chi connectivity index (χ1v) is 7.79. The van der Waals surface area contributed by atoms with Gasteiger partial charge in [-0.3, -0.25) is 4.79 Å². The van der Waals surface area contributed by atoms with E-state index in [2.05, 4.69) is 20.8 Å². The number of hydrogen-bond donors (Lipinski definition) is 3. The maximum Gasteiger partial charge on any atom is 0.326 e. The molecule has 0 spiro atoms. The number of aromatic nitrogens is 2. The number of hydrogen-bond acceptors (Lipinski definition) is 5. The third-order valence-corrected chi connectivity index (χ3v) is 3.40. The second-order valence-corrected chi connectivity index (χ2v) is 5.30. The summed E-state index contributed by atoms with van der Waals surface area (Å²) in [5, 5.41) is 22.5. The van der Waals surface area contributed by atoms with Crippen molar-refractivity contribution in [1.82, 2.24) is 10.2 Å². The van der Waals surface area contributed by atoms with Crippen molar-refractivity contribution in [3.05, 3.63) is 48.2 Å². The summed E-state index contributed by atoms with van der Waals surface area (Å²) in [5.41, 5.74) is 0.821. The zero-order chi connectivity index (χ0) is 17.4. The SMILES string of the molecule is CCCC[C@H](Nc1ccc(C(=O)Nc2ccccc2)nn1)C(=O)O. The van der Waals surface area contributed by atoms with Crippen LogP contribution in [0.4, 0.5) is 11.5 Å². The van der Waals surface area contributed by atoms with Gasteiger partial charge in [-0.25, -0.2) is 4.79 Å². The number of unbranched alkanes of at least 4 members (excludes halogenated alkanes) is 1. The average molecular weight is 328 g/mol. The van der Waals surface area contributed by atoms with Crippen molar-refractivity contribution in [2.75, 3.05) is 10.6 Å². The lowest BCUT2D eigenvalue weighted by Crippen LogP contribution is -2.29. The predicted molar refractivity (Wildman–Crippen MR) is 91.0 cm³/mol. The Morgan fingerprint density at radius 3 is 2.46 bits per heavy atom. The van der Waals surface area contributed by atoms with E-state index in [9.17, 15) is 14.7 Å². The van der Waals surface area contributed by atoms with Crippen LogP contribution in [0.5, 0.6) is 0 Å². The summed E-state index contributed by atoms with van der Waals surface area (Å²) < 4.78 is 0. The predicted octanol–water partition coefficient (Wildman–Crippen LogP) is 2.78. The van der Waals surface area contributed by atoms with Crippen molar-refractivity contribution in [3.8, 4) is 0 Å². The number of carboxylic acid groups (broad SMARTS) is 1. The van der Waals surface area contributed by atoms with Gasteiger partial charge in [-0.05, 0) is 30.7 Å². The molecule has 2 aromatic rings. The van der Waals surface area contributed by atoms with Crippen molar-refractivity contribution < 1.29 is 14.7 Å². The lowest BCUT2D eigenvalue weighted by Gasteiger charge is -2.14. The molecule has 1 amide bonds. The highest BCUT2D eigenvalue weighted by atomic mass is 16.4. The van der Waals surface area contributed by atoms with Gasteiger partial charge in [0.2, 0.25) is 0 Å². The molecule has 0 aliphatic rings. The van der Waals surface area contributed by atoms with Gasteiger partial charge in [-0.2, -0.15) is 0 Å². The fraction of sp³-hybridized carbons (Fsp3) is 0.294. The molecule has 0 saturated heterocycles. The molecule has 2 rings (SSSR count). The molecule has 0 radical (unpaired) electrons. The molecular weight excluding hydrogens is 308 g/mol. The molecule has 0 unspecified atom stereocenters. The molecule has 1 aromatic carbocycles. The topological polar surface area (TPSA) is 104 Å². The van der Waals surface area contributed by atoms with E-state index in [0.29, 0.717) is 17.9 Å². The smallest absolute Gasteiger partial charge is 0.326 e. The van der Waals surface area contributed by atoms with E-state index < -0.39 is 12.0 Å². The number of carboxylic acids is 1. The van der Waals surface area contributed by atoms with Crippen LogP contribution in [0.1, 0.15) is 36.7 Å². The van der Waals surface area contributed by atoms with Gasteiger partial charge in [0.05, 0.1) is 0 Å². The zero-order valence-electron chi connectivity index (χ0n) is 13.4. The van der Waals surface area contributed by atoms with E-state index in [1.807, 2.05) is 25.1 Å². The lowest BCUT2D eigenvalue weighted by atomic mass is 10.1. The fourth-order valence-corrected chi connectivity index (χ4v) is 2.09. The Kier molecular flexibility index (Phi) is 6.24. The summed E-state index contributed by atoms with van der Waals surface area (Å²) in [4.78, 5) is 23.3. The lowest BCUT2D eigenvalue weighted by molar-refractivity contribution is -0.138. The van der Waals surface area contributed by atoms with Crippen LogP contribution in [0.2, 0.25) is 0 Å². The van der Waals surface area contributed by atoms with Crippen LogP contribution in [-0.4, -0.2) is 33.2 Å². The quantitative estimate of drug-likeness (QED) is 0.688. The van der Waals surface area contributed by atoms with Gasteiger partial charge in [0.15, 0.2) is 5.69 Å². The summed E-state index contributed by atoms with van der Waals surface area (Å²) in [5.74, 6) is -0.980. The molecule has 0 bridgehead atoms. The van der Waals surface area contributed by atoms with E-state index in [1.54, 1.807) is 18.2 Å². The van der Waals surface area contributed by atoms with Crippen molar-refractivity contribution in [1.29, 1.82) is 0 Å². The molecule has 0 aliphatic heterocycles. The number of anilines is 2. The Morgan fingerprint density at radius 2 is 1.88 bits per heavy atom. The monoisotopic (exact) mass is 328 g/mol. The highest BCUT2D eigenvalue weighted by Crippen LogP contribution is 2.11. The van der Waals surface area contributed by atoms with Gasteiger partial charge in [-0.1, -0.05) is 38.0 Å². The van der Waals surface area contributed by atoms with Gasteiger partial charge in [-0.15, -0.1) is 10.2 Å². The van der Waals surface area contributed by atoms with E-state index in [4.69, 9.17) is 0 Å². The van der Waals surface area contributed by atoms with Gasteiger partial charge < -0.3 is 15.7 Å². The molecule has 1 heterocycles. The number of carbonyl (C=O) groups excluding carboxylic acids is 1. The highest BCUT2D eigenvalue weighted by molar-refractivity contribution is 6.02. The second kappa shape index (κ2) is 8.61. The number of para-hydroxylation sites is 1. The third kappa shape index (κ3) is 5.05. The molecule has 0 aliphatic carbocycles. The van der Waals surface area contributed by atoms with Gasteiger partial charge in [0.1, 0.15) is 11.9 Å². The maximum absolute atomic E-state index is 12.1. The minimum atomic E-state index is -0.934. The van der Waals surface area contributed by atoms with Crippen molar-refractivity contribution in [3.63, 3.8) is 0 Å². The second-order valence-electron chi connectivity index (χ2n) is 5.30. The Hall–Kier alpha value is -2.96. The number of aliphatic carboxylic acids is 1. The normalized spacial score (nSPS) is 11.5. The summed E-state index contributed by atoms with van der Waals surface area (Å²) in [6.07, 6.45) is 2.22. The zero-order valence-corrected chi connectivity index (χ0v) is 13.4. The molecule has 3 N–H and O–H groups in total. The van der Waals surface area contributed by atoms with Crippen LogP contribution in [0.3, 0.4) is 0 Å². The van der Waals surface area contributed by atoms with Crippen LogP contribution in [0, 0.1) is 0 Å². The Bertz CT molecular complexity index is 674. The molecular formula is C17H20N4O3. The Balaban J connectivity index is 1.99. The largest absolute Gasteiger partial charge is 0.480 e. The van der Waals surface area contributed by atoms with Crippen LogP contribution in [0.25, 0.3) is 0 Å². The number of amides is 1. The van der Waals surface area contributed by atoms with Crippen LogP contribution in [0.15, 0.2) is 42.5 Å². The summed E-state index contributed by atoms with van der Waals surface area (Å²) in [7, 11) is 0. The molecule has 0 saturated carbocycles. The molecule has 126 valence electrons. The van der Waals surface area contributed by atoms with Crippen molar-refractivity contribution in [2.24, 2.45) is 0 Å². The van der Waals surface area contributed by atoms with E-state index >= 15 is 0 Å². The average Bonchev–Trinajstić information content (AvgIpc) is 2.59. The van der Waals surface area contributed by atoms with Gasteiger partial charge in [0, 0.05) is 5.69 Å². The minimum Gasteiger partial charge on any atom is -0.480 e. The molecule has 7 nitrogen and oxygen atoms in total. The number of rotatable bonds is 8. The molecule has 0 fully saturated rings. The number of nitrogens with zero attached hydrogens (tertiary/aromatic N) is 2. The Labute approximate surface area is 140 Å². The summed E-state index contributed by atoms with van der Waals surface area (Å²) in [6.45, 7) is 2.00. The highest BCUT2D eigenvalue weighted by Gasteiger charge is 2.17. The molecule has 24 heavy (non-hydrogen) atoms. The number of benzene rings is 1. The number of carbonyl (C=O) groups is 2. The van der Waals surface area contributed by atoms with Gasteiger partial charge in [0.25, 0.3) is 5.91 Å². The summed E-state index contributed by atoms with van der Waals surface area (Å²) in [6, 6.07) is 11.4. The van der Waals surface area contributed by atoms with E-state index in [-0.39, 0.29) is 11.6 Å². The first-order valence-electron chi connectivity index (χ1n) is 7.79. The fourth-order valence-electron chi connectivity index (χ4n) is 2.09. The summed E-state index contributed by atoms with van der Waals surface area (Å²) >= 11 is 0. The van der Waals surface area contributed by atoms with Crippen molar-refractivity contribution in [2.45, 2.75) is 32.2 Å². The number of nitrogens with one attached hydrogen (secondary N) is 2. The van der Waals surface area contributed by atoms with Crippen LogP contribution in [-0.2, 0) is 4.79 Å². The minimum absolute atomic E-state index is 0.157. The third-order valence-electron chi connectivity index (χ3n) is 3.40. The first-order chi connectivity index (χ1) is 11.6. The first kappa shape index (κ1) is 17.4. The van der Waals surface area contributed by atoms with Crippen molar-refractivity contribution >= 4 is 23.4 Å². The molecule has 7 heteroatoms. The van der Waals surface area contributed by atoms with E-state index in [1.165, 1.54) is 6.07 Å². The van der Waals surface area contributed by atoms with Gasteiger partial charge >= 0.3 is 5.97 Å². The maximum atomic E-state index is 12.1. The standard InChI is InChI=1S/C17H20N4O3/c1-2-3-9-14(17(23)24)19-15-11-10-13(20-21-15)16(22)18-12-7-5-4-6-8-12/h4-8,10-11,14H,2-3,9H2,1H3,(H,18,22)(H,19,21)(H,23,24)/t14-/m0/s1. The van der Waals surface area contributed by atoms with Crippen LogP contribution >= 0.6 is 0 Å².